The third-order valence-electron chi connectivity index (χ3n) is 3.38. The van der Waals surface area contributed by atoms with E-state index in [1.165, 1.54) is 43.5 Å². The molecule has 0 atom stereocenters. The maximum Gasteiger partial charge on any atom is 0.355 e. The molecule has 0 amide bonds. The number of hydrogen-bond acceptors (Lipinski definition) is 6. The monoisotopic (exact) mass is 347 g/mol. The van der Waals surface area contributed by atoms with Gasteiger partial charge in [-0.25, -0.2) is 14.0 Å². The fourth-order valence-corrected chi connectivity index (χ4v) is 2.33. The molecular formula is C18H18FNO5. The van der Waals surface area contributed by atoms with Crippen LogP contribution in [0.2, 0.25) is 0 Å². The molecule has 1 aromatic carbocycles. The van der Waals surface area contributed by atoms with Crippen molar-refractivity contribution in [3.05, 3.63) is 59.7 Å². The summed E-state index contributed by atoms with van der Waals surface area (Å²) in [5.74, 6) is -2.13. The zero-order chi connectivity index (χ0) is 18.4. The van der Waals surface area contributed by atoms with Crippen LogP contribution in [0.25, 0.3) is 0 Å². The largest absolute Gasteiger partial charge is 0.489 e. The number of para-hydroxylation sites is 1. The lowest BCUT2D eigenvalue weighted by Crippen LogP contribution is -2.27. The number of rotatable bonds is 5. The number of carbonyl (C=O) groups is 2. The van der Waals surface area contributed by atoms with Crippen LogP contribution in [-0.2, 0) is 19.1 Å². The Morgan fingerprint density at radius 3 is 2.48 bits per heavy atom. The van der Waals surface area contributed by atoms with Crippen molar-refractivity contribution in [3.8, 4) is 5.75 Å². The fraction of sp³-hybridized carbons (Fsp3) is 0.222. The zero-order valence-corrected chi connectivity index (χ0v) is 14.1. The van der Waals surface area contributed by atoms with E-state index in [4.69, 9.17) is 14.2 Å². The topological polar surface area (TPSA) is 65.1 Å². The fourth-order valence-electron chi connectivity index (χ4n) is 2.33. The Kier molecular flexibility index (Phi) is 5.94. The van der Waals surface area contributed by atoms with Gasteiger partial charge >= 0.3 is 11.9 Å². The third-order valence-corrected chi connectivity index (χ3v) is 3.38. The van der Waals surface area contributed by atoms with Gasteiger partial charge in [0.25, 0.3) is 0 Å². The van der Waals surface area contributed by atoms with Gasteiger partial charge < -0.3 is 19.1 Å². The van der Waals surface area contributed by atoms with Crippen molar-refractivity contribution in [1.82, 2.24) is 0 Å². The Bertz CT molecular complexity index is 767. The zero-order valence-electron chi connectivity index (χ0n) is 14.1. The lowest BCUT2D eigenvalue weighted by Gasteiger charge is -2.25. The number of esters is 2. The summed E-state index contributed by atoms with van der Waals surface area (Å²) in [5, 5.41) is 0. The van der Waals surface area contributed by atoms with E-state index in [0.29, 0.717) is 0 Å². The van der Waals surface area contributed by atoms with E-state index in [9.17, 15) is 14.0 Å². The van der Waals surface area contributed by atoms with E-state index < -0.39 is 17.8 Å². The Morgan fingerprint density at radius 2 is 1.84 bits per heavy atom. The molecule has 25 heavy (non-hydrogen) atoms. The average molecular weight is 347 g/mol. The van der Waals surface area contributed by atoms with Gasteiger partial charge in [0.05, 0.1) is 32.1 Å². The SMILES string of the molecule is CCOc1c(F)cccc1N1C=CC=CC(C(=O)OC)=C1C(=O)OC. The maximum absolute atomic E-state index is 14.2. The van der Waals surface area contributed by atoms with E-state index in [2.05, 4.69) is 0 Å². The van der Waals surface area contributed by atoms with Gasteiger partial charge in [0.2, 0.25) is 0 Å². The molecule has 1 aliphatic heterocycles. The molecule has 0 fully saturated rings. The first-order valence-electron chi connectivity index (χ1n) is 7.51. The first kappa shape index (κ1) is 18.3. The molecule has 0 bridgehead atoms. The van der Waals surface area contributed by atoms with Gasteiger partial charge in [-0.2, -0.15) is 0 Å². The van der Waals surface area contributed by atoms with Crippen LogP contribution in [0.5, 0.6) is 5.75 Å². The second-order valence-corrected chi connectivity index (χ2v) is 4.84. The van der Waals surface area contributed by atoms with E-state index in [1.807, 2.05) is 0 Å². The van der Waals surface area contributed by atoms with Crippen LogP contribution in [0.3, 0.4) is 0 Å². The van der Waals surface area contributed by atoms with Crippen molar-refractivity contribution >= 4 is 17.6 Å². The Balaban J connectivity index is 2.72. The van der Waals surface area contributed by atoms with Crippen molar-refractivity contribution in [1.29, 1.82) is 0 Å². The van der Waals surface area contributed by atoms with E-state index >= 15 is 0 Å². The molecule has 1 aliphatic rings. The normalized spacial score (nSPS) is 13.5. The number of carbonyl (C=O) groups excluding carboxylic acids is 2. The predicted octanol–water partition coefficient (Wildman–Crippen LogP) is 2.71. The van der Waals surface area contributed by atoms with Crippen LogP contribution in [0.15, 0.2) is 53.9 Å². The molecule has 2 rings (SSSR count). The summed E-state index contributed by atoms with van der Waals surface area (Å²) in [6.07, 6.45) is 6.10. The van der Waals surface area contributed by atoms with Crippen LogP contribution in [-0.4, -0.2) is 32.8 Å². The second-order valence-electron chi connectivity index (χ2n) is 4.84. The molecular weight excluding hydrogens is 329 g/mol. The van der Waals surface area contributed by atoms with Gasteiger partial charge in [-0.3, -0.25) is 0 Å². The Labute approximate surface area is 144 Å². The number of nitrogens with zero attached hydrogens (tertiary/aromatic N) is 1. The summed E-state index contributed by atoms with van der Waals surface area (Å²) < 4.78 is 29.1. The van der Waals surface area contributed by atoms with Crippen molar-refractivity contribution < 1.29 is 28.2 Å². The van der Waals surface area contributed by atoms with Gasteiger partial charge in [0.15, 0.2) is 11.6 Å². The molecule has 0 unspecified atom stereocenters. The number of allylic oxidation sites excluding steroid dienone is 2. The lowest BCUT2D eigenvalue weighted by atomic mass is 10.1. The van der Waals surface area contributed by atoms with Crippen molar-refractivity contribution in [3.63, 3.8) is 0 Å². The highest BCUT2D eigenvalue weighted by atomic mass is 19.1. The summed E-state index contributed by atoms with van der Waals surface area (Å²) in [6, 6.07) is 4.30. The molecule has 0 saturated heterocycles. The number of methoxy groups -OCH3 is 2. The first-order valence-corrected chi connectivity index (χ1v) is 7.51. The van der Waals surface area contributed by atoms with E-state index in [-0.39, 0.29) is 29.3 Å². The summed E-state index contributed by atoms with van der Waals surface area (Å²) in [7, 11) is 2.39. The molecule has 0 N–H and O–H groups in total. The number of anilines is 1. The Morgan fingerprint density at radius 1 is 1.12 bits per heavy atom. The average Bonchev–Trinajstić information content (AvgIpc) is 2.85. The maximum atomic E-state index is 14.2. The highest BCUT2D eigenvalue weighted by Crippen LogP contribution is 2.35. The molecule has 1 heterocycles. The van der Waals surface area contributed by atoms with Crippen LogP contribution >= 0.6 is 0 Å². The quantitative estimate of drug-likeness (QED) is 0.763. The van der Waals surface area contributed by atoms with Gasteiger partial charge in [-0.15, -0.1) is 0 Å². The van der Waals surface area contributed by atoms with Gasteiger partial charge in [-0.1, -0.05) is 12.1 Å². The molecule has 0 spiro atoms. The van der Waals surface area contributed by atoms with E-state index in [0.717, 1.165) is 0 Å². The minimum absolute atomic E-state index is 0.0222. The van der Waals surface area contributed by atoms with Crippen molar-refractivity contribution in [2.45, 2.75) is 6.92 Å². The lowest BCUT2D eigenvalue weighted by molar-refractivity contribution is -0.139. The third kappa shape index (κ3) is 3.71. The standard InChI is InChI=1S/C18H18FNO5/c1-4-25-16-13(19)9-7-10-14(16)20-11-6-5-8-12(17(21)23-2)15(20)18(22)24-3/h5-11H,4H2,1-3H3. The smallest absolute Gasteiger partial charge is 0.355 e. The van der Waals surface area contributed by atoms with Crippen LogP contribution in [0, 0.1) is 5.82 Å². The number of ether oxygens (including phenoxy) is 3. The number of benzene rings is 1. The van der Waals surface area contributed by atoms with Crippen molar-refractivity contribution in [2.75, 3.05) is 25.7 Å². The summed E-state index contributed by atoms with van der Waals surface area (Å²) in [5.41, 5.74) is 0.126. The molecule has 1 aromatic rings. The highest BCUT2D eigenvalue weighted by Gasteiger charge is 2.29. The Hall–Kier alpha value is -3.09. The van der Waals surface area contributed by atoms with Crippen LogP contribution in [0.1, 0.15) is 6.92 Å². The molecule has 0 aromatic heterocycles. The minimum atomic E-state index is -0.775. The number of hydrogen-bond donors (Lipinski definition) is 0. The molecule has 6 nitrogen and oxygen atoms in total. The summed E-state index contributed by atoms with van der Waals surface area (Å²) >= 11 is 0. The predicted molar refractivity (Wildman–Crippen MR) is 89.4 cm³/mol. The highest BCUT2D eigenvalue weighted by molar-refractivity contribution is 6.05. The van der Waals surface area contributed by atoms with Gasteiger partial charge in [0.1, 0.15) is 5.70 Å². The second kappa shape index (κ2) is 8.14. The summed E-state index contributed by atoms with van der Waals surface area (Å²) in [6.45, 7) is 1.94. The van der Waals surface area contributed by atoms with Crippen LogP contribution in [0.4, 0.5) is 10.1 Å². The molecule has 132 valence electrons. The van der Waals surface area contributed by atoms with Gasteiger partial charge in [-0.05, 0) is 31.2 Å². The molecule has 0 radical (unpaired) electrons. The first-order chi connectivity index (χ1) is 12.0. The van der Waals surface area contributed by atoms with Gasteiger partial charge in [0, 0.05) is 6.20 Å². The van der Waals surface area contributed by atoms with E-state index in [1.54, 1.807) is 25.1 Å². The summed E-state index contributed by atoms with van der Waals surface area (Å²) in [4.78, 5) is 25.8. The number of halogens is 1. The van der Waals surface area contributed by atoms with Crippen molar-refractivity contribution in [2.24, 2.45) is 0 Å². The molecule has 0 saturated carbocycles. The minimum Gasteiger partial charge on any atom is -0.489 e. The van der Waals surface area contributed by atoms with Crippen LogP contribution < -0.4 is 9.64 Å². The molecule has 0 aliphatic carbocycles. The molecule has 7 heteroatoms.